The van der Waals surface area contributed by atoms with Gasteiger partial charge in [0.1, 0.15) is 0 Å². The van der Waals surface area contributed by atoms with Crippen LogP contribution in [0.1, 0.15) is 43.1 Å². The Labute approximate surface area is 171 Å². The highest BCUT2D eigenvalue weighted by molar-refractivity contribution is 6.04. The molecule has 4 rings (SSSR count). The van der Waals surface area contributed by atoms with Crippen molar-refractivity contribution in [2.75, 3.05) is 39.3 Å². The Balaban J connectivity index is 1.52. The number of benzene rings is 1. The minimum absolute atomic E-state index is 0.0804. The highest BCUT2D eigenvalue weighted by atomic mass is 16.5. The van der Waals surface area contributed by atoms with Crippen LogP contribution in [0, 0.1) is 0 Å². The molecule has 0 radical (unpaired) electrons. The van der Waals surface area contributed by atoms with E-state index in [4.69, 9.17) is 4.74 Å². The van der Waals surface area contributed by atoms with E-state index in [1.54, 1.807) is 6.07 Å². The molecule has 7 heteroatoms. The van der Waals surface area contributed by atoms with Gasteiger partial charge >= 0.3 is 0 Å². The largest absolute Gasteiger partial charge is 0.377 e. The summed E-state index contributed by atoms with van der Waals surface area (Å²) >= 11 is 0. The molecule has 1 aromatic carbocycles. The number of amides is 1. The molecular weight excluding hydrogens is 368 g/mol. The van der Waals surface area contributed by atoms with Crippen molar-refractivity contribution in [2.24, 2.45) is 0 Å². The van der Waals surface area contributed by atoms with Crippen LogP contribution >= 0.6 is 0 Å². The number of piperazine rings is 1. The molecule has 2 aliphatic heterocycles. The summed E-state index contributed by atoms with van der Waals surface area (Å²) in [5.41, 5.74) is 0.274. The molecule has 0 bridgehead atoms. The Kier molecular flexibility index (Phi) is 6.25. The molecular formula is C22H30N4O3. The zero-order valence-corrected chi connectivity index (χ0v) is 17.2. The second-order valence-corrected chi connectivity index (χ2v) is 8.00. The van der Waals surface area contributed by atoms with Crippen molar-refractivity contribution >= 4 is 16.7 Å². The van der Waals surface area contributed by atoms with Gasteiger partial charge in [-0.25, -0.2) is 4.68 Å². The Morgan fingerprint density at radius 1 is 1.17 bits per heavy atom. The van der Waals surface area contributed by atoms with Crippen molar-refractivity contribution in [1.82, 2.24) is 19.6 Å². The van der Waals surface area contributed by atoms with Crippen LogP contribution in [0.3, 0.4) is 0 Å². The number of hydrogen-bond donors (Lipinski definition) is 0. The summed E-state index contributed by atoms with van der Waals surface area (Å²) in [5.74, 6) is -0.0804. The van der Waals surface area contributed by atoms with Gasteiger partial charge in [0.2, 0.25) is 0 Å². The van der Waals surface area contributed by atoms with Gasteiger partial charge in [0.15, 0.2) is 5.69 Å². The summed E-state index contributed by atoms with van der Waals surface area (Å²) in [7, 11) is 0. The molecule has 2 fully saturated rings. The number of hydrogen-bond acceptors (Lipinski definition) is 5. The molecule has 2 saturated heterocycles. The molecule has 0 spiro atoms. The fraction of sp³-hybridized carbons (Fsp3) is 0.591. The third kappa shape index (κ3) is 4.36. The molecule has 7 nitrogen and oxygen atoms in total. The maximum atomic E-state index is 13.3. The quantitative estimate of drug-likeness (QED) is 0.746. The summed E-state index contributed by atoms with van der Waals surface area (Å²) in [6.45, 7) is 7.48. The zero-order valence-electron chi connectivity index (χ0n) is 17.2. The summed E-state index contributed by atoms with van der Waals surface area (Å²) in [6, 6.07) is 7.31. The second kappa shape index (κ2) is 9.05. The molecule has 2 aromatic rings. The van der Waals surface area contributed by atoms with E-state index in [1.165, 1.54) is 4.68 Å². The van der Waals surface area contributed by atoms with E-state index in [2.05, 4.69) is 16.9 Å². The first-order valence-corrected chi connectivity index (χ1v) is 10.8. The van der Waals surface area contributed by atoms with Gasteiger partial charge in [0.05, 0.1) is 11.5 Å². The van der Waals surface area contributed by atoms with Gasteiger partial charge in [0.25, 0.3) is 11.5 Å². The fourth-order valence-corrected chi connectivity index (χ4v) is 4.21. The number of carbonyl (C=O) groups is 1. The standard InChI is InChI=1S/C22H30N4O3/c1-2-3-10-26-21(27)19-9-5-4-8-18(19)20(23-26)22(28)25-13-11-24(12-14-25)16-17-7-6-15-29-17/h4-5,8-9,17H,2-3,6-7,10-16H2,1H3/t17-/m1/s1. The van der Waals surface area contributed by atoms with Crippen molar-refractivity contribution in [1.29, 1.82) is 0 Å². The van der Waals surface area contributed by atoms with Gasteiger partial charge in [-0.2, -0.15) is 5.10 Å². The van der Waals surface area contributed by atoms with E-state index in [-0.39, 0.29) is 11.5 Å². The third-order valence-corrected chi connectivity index (χ3v) is 5.94. The number of carbonyl (C=O) groups excluding carboxylic acids is 1. The molecule has 0 unspecified atom stereocenters. The average Bonchev–Trinajstić information content (AvgIpc) is 3.26. The molecule has 2 aliphatic rings. The molecule has 0 aliphatic carbocycles. The number of fused-ring (bicyclic) bond motifs is 1. The number of rotatable bonds is 6. The summed E-state index contributed by atoms with van der Waals surface area (Å²) < 4.78 is 7.20. The first-order valence-electron chi connectivity index (χ1n) is 10.8. The average molecular weight is 399 g/mol. The SMILES string of the molecule is CCCCn1nc(C(=O)N2CCN(C[C@H]3CCCO3)CC2)c2ccccc2c1=O. The minimum atomic E-state index is -0.119. The number of unbranched alkanes of at least 4 members (excludes halogenated alkanes) is 1. The maximum absolute atomic E-state index is 13.3. The van der Waals surface area contributed by atoms with Gasteiger partial charge in [-0.15, -0.1) is 0 Å². The topological polar surface area (TPSA) is 67.7 Å². The lowest BCUT2D eigenvalue weighted by Gasteiger charge is -2.35. The molecule has 29 heavy (non-hydrogen) atoms. The van der Waals surface area contributed by atoms with Gasteiger partial charge < -0.3 is 9.64 Å². The molecule has 3 heterocycles. The Bertz CT molecular complexity index is 912. The normalized spacial score (nSPS) is 20.4. The Hall–Kier alpha value is -2.25. The molecule has 1 amide bonds. The van der Waals surface area contributed by atoms with Gasteiger partial charge in [-0.1, -0.05) is 31.5 Å². The predicted octanol–water partition coefficient (Wildman–Crippen LogP) is 2.13. The van der Waals surface area contributed by atoms with Gasteiger partial charge in [0, 0.05) is 51.3 Å². The van der Waals surface area contributed by atoms with Gasteiger partial charge in [-0.05, 0) is 25.3 Å². The summed E-state index contributed by atoms with van der Waals surface area (Å²) in [6.07, 6.45) is 4.45. The highest BCUT2D eigenvalue weighted by Gasteiger charge is 2.27. The molecule has 0 saturated carbocycles. The Morgan fingerprint density at radius 3 is 2.62 bits per heavy atom. The van der Waals surface area contributed by atoms with E-state index >= 15 is 0 Å². The van der Waals surface area contributed by atoms with Crippen LogP contribution in [0.2, 0.25) is 0 Å². The van der Waals surface area contributed by atoms with Crippen molar-refractivity contribution in [3.63, 3.8) is 0 Å². The van der Waals surface area contributed by atoms with Crippen LogP contribution in [0.4, 0.5) is 0 Å². The van der Waals surface area contributed by atoms with E-state index in [9.17, 15) is 9.59 Å². The number of ether oxygens (including phenoxy) is 1. The second-order valence-electron chi connectivity index (χ2n) is 8.00. The lowest BCUT2D eigenvalue weighted by atomic mass is 10.1. The third-order valence-electron chi connectivity index (χ3n) is 5.94. The van der Waals surface area contributed by atoms with Crippen LogP contribution in [0.25, 0.3) is 10.8 Å². The Morgan fingerprint density at radius 2 is 1.93 bits per heavy atom. The van der Waals surface area contributed by atoms with Crippen molar-refractivity contribution < 1.29 is 9.53 Å². The molecule has 156 valence electrons. The highest BCUT2D eigenvalue weighted by Crippen LogP contribution is 2.18. The van der Waals surface area contributed by atoms with E-state index in [0.29, 0.717) is 42.2 Å². The lowest BCUT2D eigenvalue weighted by Crippen LogP contribution is -2.50. The first-order chi connectivity index (χ1) is 14.2. The number of aromatic nitrogens is 2. The summed E-state index contributed by atoms with van der Waals surface area (Å²) in [4.78, 5) is 30.3. The number of nitrogens with zero attached hydrogens (tertiary/aromatic N) is 4. The van der Waals surface area contributed by atoms with Gasteiger partial charge in [-0.3, -0.25) is 14.5 Å². The smallest absolute Gasteiger partial charge is 0.275 e. The monoisotopic (exact) mass is 398 g/mol. The zero-order chi connectivity index (χ0) is 20.2. The van der Waals surface area contributed by atoms with Crippen LogP contribution in [0.5, 0.6) is 0 Å². The lowest BCUT2D eigenvalue weighted by molar-refractivity contribution is 0.0429. The molecule has 1 atom stereocenters. The van der Waals surface area contributed by atoms with Crippen molar-refractivity contribution in [3.05, 3.63) is 40.3 Å². The van der Waals surface area contributed by atoms with Crippen LogP contribution in [0.15, 0.2) is 29.1 Å². The van der Waals surface area contributed by atoms with E-state index < -0.39 is 0 Å². The van der Waals surface area contributed by atoms with E-state index in [0.717, 1.165) is 51.9 Å². The fourth-order valence-electron chi connectivity index (χ4n) is 4.21. The van der Waals surface area contributed by atoms with E-state index in [1.807, 2.05) is 23.1 Å². The molecule has 0 N–H and O–H groups in total. The number of aryl methyl sites for hydroxylation is 1. The first kappa shape index (κ1) is 20.0. The van der Waals surface area contributed by atoms with Crippen molar-refractivity contribution in [2.45, 2.75) is 45.3 Å². The maximum Gasteiger partial charge on any atom is 0.275 e. The minimum Gasteiger partial charge on any atom is -0.377 e. The van der Waals surface area contributed by atoms with Crippen LogP contribution < -0.4 is 5.56 Å². The van der Waals surface area contributed by atoms with Crippen LogP contribution in [-0.4, -0.2) is 70.9 Å². The summed E-state index contributed by atoms with van der Waals surface area (Å²) in [5, 5.41) is 5.71. The van der Waals surface area contributed by atoms with Crippen LogP contribution in [-0.2, 0) is 11.3 Å². The van der Waals surface area contributed by atoms with Crippen molar-refractivity contribution in [3.8, 4) is 0 Å². The predicted molar refractivity (Wildman–Crippen MR) is 112 cm³/mol. The molecule has 1 aromatic heterocycles.